The smallest absolute Gasteiger partial charge is 0.147 e. The lowest BCUT2D eigenvalue weighted by atomic mass is 10.3. The van der Waals surface area contributed by atoms with Crippen LogP contribution in [0.5, 0.6) is 5.75 Å². The predicted octanol–water partition coefficient (Wildman–Crippen LogP) is 0.583. The molecule has 1 atom stereocenters. The minimum atomic E-state index is -0.680. The van der Waals surface area contributed by atoms with Gasteiger partial charge in [0.05, 0.1) is 22.2 Å². The number of rotatable bonds is 9. The second-order valence-corrected chi connectivity index (χ2v) is 7.19. The van der Waals surface area contributed by atoms with Gasteiger partial charge in [0.2, 0.25) is 0 Å². The average molecular weight is 493 g/mol. The van der Waals surface area contributed by atoms with Crippen LogP contribution in [0.3, 0.4) is 0 Å². The number of hydrogen-bond acceptors (Lipinski definition) is 4. The van der Waals surface area contributed by atoms with Crippen molar-refractivity contribution in [1.82, 2.24) is 0 Å². The first-order valence-electron chi connectivity index (χ1n) is 6.48. The molecule has 0 saturated carbocycles. The molecule has 120 valence electrons. The van der Waals surface area contributed by atoms with E-state index >= 15 is 0 Å². The summed E-state index contributed by atoms with van der Waals surface area (Å²) in [7, 11) is 0. The van der Waals surface area contributed by atoms with Crippen molar-refractivity contribution in [3.05, 3.63) is 25.6 Å². The van der Waals surface area contributed by atoms with Gasteiger partial charge in [0, 0.05) is 4.47 Å². The maximum absolute atomic E-state index is 10.0. The van der Waals surface area contributed by atoms with E-state index in [1.165, 1.54) is 0 Å². The highest BCUT2D eigenvalue weighted by Crippen LogP contribution is 2.36. The number of quaternary nitrogens is 1. The first-order valence-corrected chi connectivity index (χ1v) is 8.86. The number of hydrogen-bond donors (Lipinski definition) is 4. The average Bonchev–Trinajstić information content (AvgIpc) is 2.37. The van der Waals surface area contributed by atoms with E-state index in [4.69, 9.17) is 14.9 Å². The van der Waals surface area contributed by atoms with E-state index < -0.39 is 6.10 Å². The number of aliphatic hydroxyl groups excluding tert-OH is 3. The monoisotopic (exact) mass is 490 g/mol. The lowest BCUT2D eigenvalue weighted by molar-refractivity contribution is -0.903. The predicted molar refractivity (Wildman–Crippen MR) is 90.8 cm³/mol. The van der Waals surface area contributed by atoms with Crippen LogP contribution in [0.15, 0.2) is 25.6 Å². The molecule has 0 aliphatic rings. The summed E-state index contributed by atoms with van der Waals surface area (Å²) in [5, 5.41) is 27.9. The van der Waals surface area contributed by atoms with E-state index in [9.17, 15) is 5.11 Å². The van der Waals surface area contributed by atoms with Gasteiger partial charge in [-0.15, -0.1) is 0 Å². The molecule has 1 rings (SSSR count). The van der Waals surface area contributed by atoms with E-state index in [0.717, 1.165) is 18.3 Å². The number of halogens is 3. The van der Waals surface area contributed by atoms with Crippen molar-refractivity contribution < 1.29 is 25.0 Å². The molecule has 0 aliphatic carbocycles. The van der Waals surface area contributed by atoms with E-state index in [1.807, 2.05) is 12.1 Å². The molecule has 21 heavy (non-hydrogen) atoms. The highest BCUT2D eigenvalue weighted by atomic mass is 79.9. The summed E-state index contributed by atoms with van der Waals surface area (Å²) in [4.78, 5) is 0.935. The number of ether oxygens (including phenoxy) is 1. The molecule has 0 unspecified atom stereocenters. The van der Waals surface area contributed by atoms with Crippen molar-refractivity contribution >= 4 is 47.8 Å². The fourth-order valence-electron chi connectivity index (χ4n) is 1.88. The molecular formula is C13H19Br3NO4+. The molecular weight excluding hydrogens is 474 g/mol. The molecule has 0 radical (unpaired) electrons. The van der Waals surface area contributed by atoms with Crippen LogP contribution in [0.25, 0.3) is 0 Å². The molecule has 1 aromatic carbocycles. The fraction of sp³-hybridized carbons (Fsp3) is 0.538. The second-order valence-electron chi connectivity index (χ2n) is 4.56. The van der Waals surface area contributed by atoms with E-state index in [-0.39, 0.29) is 19.8 Å². The highest BCUT2D eigenvalue weighted by molar-refractivity contribution is 9.11. The lowest BCUT2D eigenvalue weighted by Crippen LogP contribution is -3.14. The zero-order valence-corrected chi connectivity index (χ0v) is 16.1. The molecule has 8 heteroatoms. The Morgan fingerprint density at radius 2 is 1.57 bits per heavy atom. The molecule has 1 aromatic rings. The Hall–Kier alpha value is 0.300. The van der Waals surface area contributed by atoms with Gasteiger partial charge in [0.15, 0.2) is 0 Å². The van der Waals surface area contributed by atoms with Crippen molar-refractivity contribution in [2.45, 2.75) is 6.10 Å². The second kappa shape index (κ2) is 10.1. The Bertz CT molecular complexity index is 418. The fourth-order valence-corrected chi connectivity index (χ4v) is 4.37. The van der Waals surface area contributed by atoms with Gasteiger partial charge in [-0.3, -0.25) is 0 Å². The van der Waals surface area contributed by atoms with Gasteiger partial charge in [-0.25, -0.2) is 0 Å². The first-order chi connectivity index (χ1) is 9.97. The van der Waals surface area contributed by atoms with Crippen LogP contribution in [0.2, 0.25) is 0 Å². The van der Waals surface area contributed by atoms with Crippen LogP contribution in [-0.4, -0.2) is 60.9 Å². The Morgan fingerprint density at radius 1 is 1.05 bits per heavy atom. The van der Waals surface area contributed by atoms with Crippen LogP contribution < -0.4 is 9.64 Å². The van der Waals surface area contributed by atoms with E-state index in [2.05, 4.69) is 47.8 Å². The van der Waals surface area contributed by atoms with Crippen molar-refractivity contribution in [3.8, 4) is 5.75 Å². The van der Waals surface area contributed by atoms with Gasteiger partial charge in [-0.2, -0.15) is 0 Å². The summed E-state index contributed by atoms with van der Waals surface area (Å²) in [6, 6.07) is 3.73. The summed E-state index contributed by atoms with van der Waals surface area (Å²) in [5.41, 5.74) is 0. The lowest BCUT2D eigenvalue weighted by Gasteiger charge is -2.21. The zero-order chi connectivity index (χ0) is 15.8. The van der Waals surface area contributed by atoms with Gasteiger partial charge < -0.3 is 25.0 Å². The van der Waals surface area contributed by atoms with Crippen LogP contribution in [0.4, 0.5) is 0 Å². The van der Waals surface area contributed by atoms with Gasteiger partial charge in [0.25, 0.3) is 0 Å². The largest absolute Gasteiger partial charge is 0.488 e. The molecule has 0 saturated heterocycles. The van der Waals surface area contributed by atoms with Crippen molar-refractivity contribution in [2.24, 2.45) is 0 Å². The highest BCUT2D eigenvalue weighted by Gasteiger charge is 2.16. The zero-order valence-electron chi connectivity index (χ0n) is 11.4. The normalized spacial score (nSPS) is 12.7. The summed E-state index contributed by atoms with van der Waals surface area (Å²) >= 11 is 10.2. The Balaban J connectivity index is 2.54. The third-order valence-electron chi connectivity index (χ3n) is 2.84. The summed E-state index contributed by atoms with van der Waals surface area (Å²) < 4.78 is 8.12. The van der Waals surface area contributed by atoms with Crippen molar-refractivity contribution in [1.29, 1.82) is 0 Å². The maximum Gasteiger partial charge on any atom is 0.147 e. The molecule has 5 nitrogen and oxygen atoms in total. The summed E-state index contributed by atoms with van der Waals surface area (Å²) in [5.74, 6) is 0.628. The van der Waals surface area contributed by atoms with Crippen LogP contribution >= 0.6 is 47.8 Å². The van der Waals surface area contributed by atoms with Gasteiger partial charge in [0.1, 0.15) is 38.1 Å². The molecule has 0 amide bonds. The number of aliphatic hydroxyl groups is 3. The quantitative estimate of drug-likeness (QED) is 0.407. The van der Waals surface area contributed by atoms with Gasteiger partial charge in [-0.05, 0) is 44.0 Å². The SMILES string of the molecule is OCC[NH+](CCO)C[C@@H](O)COc1c(Br)cc(Br)cc1Br. The summed E-state index contributed by atoms with van der Waals surface area (Å²) in [6.45, 7) is 1.57. The minimum Gasteiger partial charge on any atom is -0.488 e. The molecule has 0 aromatic heterocycles. The molecule has 0 fully saturated rings. The number of benzene rings is 1. The van der Waals surface area contributed by atoms with Crippen LogP contribution in [-0.2, 0) is 0 Å². The van der Waals surface area contributed by atoms with E-state index in [0.29, 0.717) is 25.4 Å². The third kappa shape index (κ3) is 6.94. The van der Waals surface area contributed by atoms with Crippen LogP contribution in [0.1, 0.15) is 0 Å². The Morgan fingerprint density at radius 3 is 2.05 bits per heavy atom. The molecule has 0 aliphatic heterocycles. The van der Waals surface area contributed by atoms with E-state index in [1.54, 1.807) is 0 Å². The first kappa shape index (κ1) is 19.3. The molecule has 0 bridgehead atoms. The molecule has 0 heterocycles. The van der Waals surface area contributed by atoms with Gasteiger partial charge >= 0.3 is 0 Å². The van der Waals surface area contributed by atoms with Crippen molar-refractivity contribution in [3.63, 3.8) is 0 Å². The summed E-state index contributed by atoms with van der Waals surface area (Å²) in [6.07, 6.45) is -0.680. The maximum atomic E-state index is 10.0. The third-order valence-corrected chi connectivity index (χ3v) is 4.47. The number of nitrogens with one attached hydrogen (secondary N) is 1. The van der Waals surface area contributed by atoms with Gasteiger partial charge in [-0.1, -0.05) is 15.9 Å². The standard InChI is InChI=1S/C13H18Br3NO4/c14-9-5-11(15)13(12(16)6-9)21-8-10(20)7-17(1-3-18)2-4-19/h5-6,10,18-20H,1-4,7-8H2/p+1/t10-/m1/s1. The Labute approximate surface area is 149 Å². The minimum absolute atomic E-state index is 0.0206. The molecule has 4 N–H and O–H groups in total. The topological polar surface area (TPSA) is 74.4 Å². The van der Waals surface area contributed by atoms with Crippen LogP contribution in [0, 0.1) is 0 Å². The van der Waals surface area contributed by atoms with Crippen molar-refractivity contribution in [2.75, 3.05) is 39.5 Å². The Kier molecular flexibility index (Phi) is 9.35. The molecule has 0 spiro atoms.